The van der Waals surface area contributed by atoms with Crippen LogP contribution < -0.4 is 28.5 Å². The van der Waals surface area contributed by atoms with E-state index >= 15 is 0 Å². The predicted molar refractivity (Wildman–Crippen MR) is 58.6 cm³/mol. The Morgan fingerprint density at radius 2 is 1.61 bits per heavy atom. The van der Waals surface area contributed by atoms with Crippen molar-refractivity contribution in [3.8, 4) is 0 Å². The molecule has 0 aliphatic heterocycles. The number of hydrogen-bond donors (Lipinski definition) is 0. The highest BCUT2D eigenvalue weighted by atomic mass is 127. The summed E-state index contributed by atoms with van der Waals surface area (Å²) in [6.07, 6.45) is -4.34. The van der Waals surface area contributed by atoms with Crippen LogP contribution in [0.15, 0.2) is 12.1 Å². The monoisotopic (exact) mass is 370 g/mol. The fraction of sp³-hybridized carbons (Fsp3) is 0.417. The van der Waals surface area contributed by atoms with E-state index in [1.807, 2.05) is 13.8 Å². The van der Waals surface area contributed by atoms with Gasteiger partial charge in [0.1, 0.15) is 0 Å². The standard InChI is InChI=1S/C12H14F3N2.HI/c1-7-5-9-10(6-8(7)2)17(4)11(16(9)3)12(13,14)15;/h5-6H,1-4H3;1H/q+1;/p-1. The first-order valence-electron chi connectivity index (χ1n) is 5.26. The van der Waals surface area contributed by atoms with Crippen molar-refractivity contribution >= 4 is 11.0 Å². The minimum absolute atomic E-state index is 0. The summed E-state index contributed by atoms with van der Waals surface area (Å²) in [6, 6.07) is 3.58. The molecule has 6 heteroatoms. The van der Waals surface area contributed by atoms with Gasteiger partial charge in [0.25, 0.3) is 0 Å². The Morgan fingerprint density at radius 3 is 2.11 bits per heavy atom. The SMILES string of the molecule is Cc1cc2c(cc1C)[n+](C)c(C(F)(F)F)n2C.[I-]. The average Bonchev–Trinajstić information content (AvgIpc) is 2.40. The lowest BCUT2D eigenvalue weighted by Gasteiger charge is -2.01. The van der Waals surface area contributed by atoms with Crippen molar-refractivity contribution in [3.63, 3.8) is 0 Å². The number of halogens is 4. The van der Waals surface area contributed by atoms with Crippen LogP contribution >= 0.6 is 0 Å². The minimum Gasteiger partial charge on any atom is -1.00 e. The Kier molecular flexibility index (Phi) is 4.00. The molecule has 0 aliphatic rings. The van der Waals surface area contributed by atoms with Crippen LogP contribution in [0.3, 0.4) is 0 Å². The third-order valence-corrected chi connectivity index (χ3v) is 3.20. The van der Waals surface area contributed by atoms with Crippen LogP contribution in [0.5, 0.6) is 0 Å². The van der Waals surface area contributed by atoms with E-state index in [-0.39, 0.29) is 24.0 Å². The van der Waals surface area contributed by atoms with Crippen molar-refractivity contribution in [2.24, 2.45) is 14.1 Å². The van der Waals surface area contributed by atoms with E-state index in [1.165, 1.54) is 23.2 Å². The molecule has 100 valence electrons. The number of benzene rings is 1. The van der Waals surface area contributed by atoms with E-state index in [9.17, 15) is 13.2 Å². The molecule has 1 heterocycles. The molecule has 0 saturated carbocycles. The fourth-order valence-electron chi connectivity index (χ4n) is 2.16. The smallest absolute Gasteiger partial charge is 0.495 e. The van der Waals surface area contributed by atoms with Gasteiger partial charge in [0, 0.05) is 0 Å². The zero-order chi connectivity index (χ0) is 13.0. The number of rotatable bonds is 0. The van der Waals surface area contributed by atoms with Gasteiger partial charge in [-0.05, 0) is 37.1 Å². The Hall–Kier alpha value is -0.790. The highest BCUT2D eigenvalue weighted by Crippen LogP contribution is 2.29. The van der Waals surface area contributed by atoms with E-state index in [4.69, 9.17) is 0 Å². The lowest BCUT2D eigenvalue weighted by Crippen LogP contribution is -3.00. The van der Waals surface area contributed by atoms with E-state index in [1.54, 1.807) is 12.1 Å². The average molecular weight is 370 g/mol. The quantitative estimate of drug-likeness (QED) is 0.443. The van der Waals surface area contributed by atoms with Crippen LogP contribution in [0, 0.1) is 13.8 Å². The molecule has 0 unspecified atom stereocenters. The van der Waals surface area contributed by atoms with E-state index in [2.05, 4.69) is 0 Å². The van der Waals surface area contributed by atoms with Gasteiger partial charge in [0.05, 0.1) is 14.1 Å². The summed E-state index contributed by atoms with van der Waals surface area (Å²) in [7, 11) is 2.89. The summed E-state index contributed by atoms with van der Waals surface area (Å²) < 4.78 is 41.1. The summed E-state index contributed by atoms with van der Waals surface area (Å²) in [5.74, 6) is -0.641. The van der Waals surface area contributed by atoms with Crippen molar-refractivity contribution in [1.82, 2.24) is 4.57 Å². The lowest BCUT2D eigenvalue weighted by molar-refractivity contribution is -0.667. The molecule has 2 rings (SSSR count). The number of hydrogen-bond acceptors (Lipinski definition) is 0. The maximum Gasteiger partial charge on any atom is 0.495 e. The van der Waals surface area contributed by atoms with Gasteiger partial charge in [-0.3, -0.25) is 0 Å². The van der Waals surface area contributed by atoms with Crippen molar-refractivity contribution < 1.29 is 41.7 Å². The van der Waals surface area contributed by atoms with Gasteiger partial charge >= 0.3 is 12.0 Å². The largest absolute Gasteiger partial charge is 1.00 e. The fourth-order valence-corrected chi connectivity index (χ4v) is 2.16. The van der Waals surface area contributed by atoms with Crippen molar-refractivity contribution in [2.45, 2.75) is 20.0 Å². The minimum atomic E-state index is -4.34. The molecule has 1 aromatic carbocycles. The summed E-state index contributed by atoms with van der Waals surface area (Å²) in [6.45, 7) is 3.80. The molecule has 2 nitrogen and oxygen atoms in total. The molecule has 1 aromatic heterocycles. The number of fused-ring (bicyclic) bond motifs is 1. The Labute approximate surface area is 120 Å². The molecule has 0 bridgehead atoms. The number of alkyl halides is 3. The normalized spacial score (nSPS) is 11.7. The molecule has 2 aromatic rings. The predicted octanol–water partition coefficient (Wildman–Crippen LogP) is -0.358. The molecular weight excluding hydrogens is 356 g/mol. The molecule has 0 fully saturated rings. The van der Waals surface area contributed by atoms with Crippen LogP contribution in [-0.4, -0.2) is 4.57 Å². The van der Waals surface area contributed by atoms with Crippen LogP contribution in [0.1, 0.15) is 17.0 Å². The van der Waals surface area contributed by atoms with Crippen molar-refractivity contribution in [1.29, 1.82) is 0 Å². The van der Waals surface area contributed by atoms with Crippen LogP contribution in [0.4, 0.5) is 13.2 Å². The molecule has 18 heavy (non-hydrogen) atoms. The Balaban J connectivity index is 0.00000162. The first-order valence-corrected chi connectivity index (χ1v) is 5.26. The van der Waals surface area contributed by atoms with E-state index in [0.717, 1.165) is 11.1 Å². The van der Waals surface area contributed by atoms with Gasteiger partial charge in [-0.15, -0.1) is 0 Å². The summed E-state index contributed by atoms with van der Waals surface area (Å²) in [5, 5.41) is 0. The first-order chi connectivity index (χ1) is 7.73. The molecule has 0 amide bonds. The molecule has 0 aliphatic carbocycles. The molecule has 0 N–H and O–H groups in total. The van der Waals surface area contributed by atoms with Gasteiger partial charge < -0.3 is 24.0 Å². The highest BCUT2D eigenvalue weighted by Gasteiger charge is 2.45. The van der Waals surface area contributed by atoms with Gasteiger partial charge in [-0.1, -0.05) is 0 Å². The van der Waals surface area contributed by atoms with E-state index < -0.39 is 12.0 Å². The third kappa shape index (κ3) is 2.22. The molecule has 0 radical (unpaired) electrons. The summed E-state index contributed by atoms with van der Waals surface area (Å²) in [5.41, 5.74) is 3.19. The molecule has 0 spiro atoms. The van der Waals surface area contributed by atoms with Gasteiger partial charge in [-0.2, -0.15) is 13.2 Å². The second-order valence-electron chi connectivity index (χ2n) is 4.36. The number of aromatic nitrogens is 2. The van der Waals surface area contributed by atoms with Crippen molar-refractivity contribution in [2.75, 3.05) is 0 Å². The van der Waals surface area contributed by atoms with Crippen LogP contribution in [0.25, 0.3) is 11.0 Å². The van der Waals surface area contributed by atoms with Gasteiger partial charge in [0.15, 0.2) is 11.0 Å². The van der Waals surface area contributed by atoms with Crippen LogP contribution in [-0.2, 0) is 20.3 Å². The zero-order valence-electron chi connectivity index (χ0n) is 10.6. The molecular formula is C12H14F3IN2. The topological polar surface area (TPSA) is 8.81 Å². The van der Waals surface area contributed by atoms with Gasteiger partial charge in [-0.25, -0.2) is 9.13 Å². The summed E-state index contributed by atoms with van der Waals surface area (Å²) in [4.78, 5) is 0. The zero-order valence-corrected chi connectivity index (χ0v) is 12.7. The number of aryl methyl sites for hydroxylation is 4. The van der Waals surface area contributed by atoms with Gasteiger partial charge in [0.2, 0.25) is 0 Å². The second kappa shape index (κ2) is 4.71. The van der Waals surface area contributed by atoms with Crippen molar-refractivity contribution in [3.05, 3.63) is 29.1 Å². The van der Waals surface area contributed by atoms with E-state index in [0.29, 0.717) is 11.0 Å². The Morgan fingerprint density at radius 1 is 1.11 bits per heavy atom. The number of imidazole rings is 1. The molecule has 0 atom stereocenters. The summed E-state index contributed by atoms with van der Waals surface area (Å²) >= 11 is 0. The highest BCUT2D eigenvalue weighted by molar-refractivity contribution is 5.74. The second-order valence-corrected chi connectivity index (χ2v) is 4.36. The first kappa shape index (κ1) is 15.3. The maximum absolute atomic E-state index is 12.9. The molecule has 0 saturated heterocycles. The lowest BCUT2D eigenvalue weighted by atomic mass is 10.1. The third-order valence-electron chi connectivity index (χ3n) is 3.20. The van der Waals surface area contributed by atoms with Crippen LogP contribution in [0.2, 0.25) is 0 Å². The Bertz CT molecular complexity index is 555. The number of nitrogens with zero attached hydrogens (tertiary/aromatic N) is 2. The maximum atomic E-state index is 12.9.